The van der Waals surface area contributed by atoms with Crippen LogP contribution in [0.15, 0.2) is 6.20 Å². The maximum absolute atomic E-state index is 4.38. The zero-order valence-corrected chi connectivity index (χ0v) is 9.32. The van der Waals surface area contributed by atoms with Gasteiger partial charge < -0.3 is 0 Å². The van der Waals surface area contributed by atoms with E-state index in [1.165, 1.54) is 22.9 Å². The Labute approximate surface area is 83.6 Å². The van der Waals surface area contributed by atoms with E-state index >= 15 is 0 Å². The number of hydrogen-bond acceptors (Lipinski definition) is 3. The van der Waals surface area contributed by atoms with Gasteiger partial charge in [0.05, 0.1) is 6.54 Å². The molecule has 0 spiro atoms. The highest BCUT2D eigenvalue weighted by Gasteiger charge is 2.35. The molecule has 2 nitrogen and oxygen atoms in total. The second kappa shape index (κ2) is 3.07. The quantitative estimate of drug-likeness (QED) is 0.722. The van der Waals surface area contributed by atoms with Gasteiger partial charge >= 0.3 is 0 Å². The van der Waals surface area contributed by atoms with E-state index in [0.717, 1.165) is 6.54 Å². The van der Waals surface area contributed by atoms with Crippen LogP contribution in [0.2, 0.25) is 0 Å². The predicted octanol–water partition coefficient (Wildman–Crippen LogP) is 2.44. The molecule has 72 valence electrons. The molecule has 1 aliphatic heterocycles. The van der Waals surface area contributed by atoms with Gasteiger partial charge in [0.1, 0.15) is 5.01 Å². The van der Waals surface area contributed by atoms with Crippen LogP contribution in [0.5, 0.6) is 0 Å². The predicted molar refractivity (Wildman–Crippen MR) is 56.0 cm³/mol. The van der Waals surface area contributed by atoms with Gasteiger partial charge in [0.25, 0.3) is 0 Å². The molecule has 0 radical (unpaired) electrons. The Balaban J connectivity index is 1.99. The second-order valence-electron chi connectivity index (χ2n) is 4.35. The third-order valence-electron chi connectivity index (χ3n) is 2.84. The van der Waals surface area contributed by atoms with Gasteiger partial charge in [0, 0.05) is 23.2 Å². The van der Waals surface area contributed by atoms with Gasteiger partial charge in [-0.2, -0.15) is 0 Å². The van der Waals surface area contributed by atoms with Crippen LogP contribution in [0.1, 0.15) is 30.2 Å². The van der Waals surface area contributed by atoms with Crippen molar-refractivity contribution in [1.82, 2.24) is 9.88 Å². The average molecular weight is 196 g/mol. The minimum atomic E-state index is 0.402. The monoisotopic (exact) mass is 196 g/mol. The van der Waals surface area contributed by atoms with Crippen LogP contribution < -0.4 is 0 Å². The fraction of sp³-hybridized carbons (Fsp3) is 0.700. The summed E-state index contributed by atoms with van der Waals surface area (Å²) in [5.74, 6) is 0. The average Bonchev–Trinajstić information content (AvgIpc) is 2.46. The van der Waals surface area contributed by atoms with E-state index in [9.17, 15) is 0 Å². The Morgan fingerprint density at radius 3 is 2.77 bits per heavy atom. The molecule has 1 aromatic rings. The number of nitrogens with zero attached hydrogens (tertiary/aromatic N) is 2. The molecule has 3 heteroatoms. The summed E-state index contributed by atoms with van der Waals surface area (Å²) in [6.07, 6.45) is 3.28. The first kappa shape index (κ1) is 9.16. The Hall–Kier alpha value is -0.410. The molecule has 0 atom stereocenters. The fourth-order valence-electron chi connectivity index (χ4n) is 1.65. The van der Waals surface area contributed by atoms with Crippen LogP contribution in [0.3, 0.4) is 0 Å². The number of hydrogen-bond donors (Lipinski definition) is 0. The van der Waals surface area contributed by atoms with E-state index in [4.69, 9.17) is 0 Å². The first-order chi connectivity index (χ1) is 6.08. The van der Waals surface area contributed by atoms with Gasteiger partial charge in [-0.1, -0.05) is 0 Å². The van der Waals surface area contributed by atoms with Crippen LogP contribution in [-0.4, -0.2) is 22.0 Å². The van der Waals surface area contributed by atoms with E-state index in [2.05, 4.69) is 30.7 Å². The Morgan fingerprint density at radius 2 is 2.38 bits per heavy atom. The lowest BCUT2D eigenvalue weighted by atomic mass is 9.89. The van der Waals surface area contributed by atoms with Crippen LogP contribution in [0, 0.1) is 6.92 Å². The number of rotatable bonds is 2. The van der Waals surface area contributed by atoms with Crippen LogP contribution in [0.4, 0.5) is 0 Å². The van der Waals surface area contributed by atoms with Crippen molar-refractivity contribution in [1.29, 1.82) is 0 Å². The zero-order valence-electron chi connectivity index (χ0n) is 8.50. The third-order valence-corrected chi connectivity index (χ3v) is 3.74. The third kappa shape index (κ3) is 1.76. The number of aryl methyl sites for hydroxylation is 1. The molecule has 2 rings (SSSR count). The molecule has 2 heterocycles. The summed E-state index contributed by atoms with van der Waals surface area (Å²) in [6.45, 7) is 8.98. The van der Waals surface area contributed by atoms with E-state index in [1.54, 1.807) is 0 Å². The SMILES string of the molecule is Cc1cnc(CN2CCC2(C)C)s1. The maximum atomic E-state index is 4.38. The first-order valence-corrected chi connectivity index (χ1v) is 5.56. The van der Waals surface area contributed by atoms with Gasteiger partial charge in [0.2, 0.25) is 0 Å². The molecule has 0 aromatic carbocycles. The Morgan fingerprint density at radius 1 is 1.62 bits per heavy atom. The van der Waals surface area contributed by atoms with Gasteiger partial charge in [-0.05, 0) is 27.2 Å². The molecule has 0 bridgehead atoms. The Kier molecular flexibility index (Phi) is 2.16. The minimum Gasteiger partial charge on any atom is -0.291 e. The highest BCUT2D eigenvalue weighted by atomic mass is 32.1. The Bertz CT molecular complexity index is 304. The molecule has 0 amide bonds. The molecule has 0 aliphatic carbocycles. The van der Waals surface area contributed by atoms with Crippen molar-refractivity contribution in [3.05, 3.63) is 16.1 Å². The van der Waals surface area contributed by atoms with Crippen molar-refractivity contribution >= 4 is 11.3 Å². The van der Waals surface area contributed by atoms with Crippen LogP contribution >= 0.6 is 11.3 Å². The van der Waals surface area contributed by atoms with Crippen molar-refractivity contribution in [2.45, 2.75) is 39.3 Å². The lowest BCUT2D eigenvalue weighted by Crippen LogP contribution is -2.54. The van der Waals surface area contributed by atoms with Crippen molar-refractivity contribution in [2.75, 3.05) is 6.54 Å². The number of likely N-dealkylation sites (tertiary alicyclic amines) is 1. The molecule has 0 N–H and O–H groups in total. The summed E-state index contributed by atoms with van der Waals surface area (Å²) in [5, 5.41) is 1.25. The largest absolute Gasteiger partial charge is 0.291 e. The van der Waals surface area contributed by atoms with Crippen LogP contribution in [0.25, 0.3) is 0 Å². The summed E-state index contributed by atoms with van der Waals surface area (Å²) in [4.78, 5) is 8.18. The van der Waals surface area contributed by atoms with E-state index in [-0.39, 0.29) is 0 Å². The van der Waals surface area contributed by atoms with Crippen LogP contribution in [-0.2, 0) is 6.54 Å². The van der Waals surface area contributed by atoms with Crippen molar-refractivity contribution in [3.63, 3.8) is 0 Å². The van der Waals surface area contributed by atoms with Gasteiger partial charge in [-0.15, -0.1) is 11.3 Å². The van der Waals surface area contributed by atoms with Gasteiger partial charge in [-0.25, -0.2) is 4.98 Å². The fourth-order valence-corrected chi connectivity index (χ4v) is 2.45. The molecule has 1 fully saturated rings. The summed E-state index contributed by atoms with van der Waals surface area (Å²) in [6, 6.07) is 0. The summed E-state index contributed by atoms with van der Waals surface area (Å²) in [5.41, 5.74) is 0.402. The maximum Gasteiger partial charge on any atom is 0.107 e. The normalized spacial score (nSPS) is 21.5. The number of aromatic nitrogens is 1. The van der Waals surface area contributed by atoms with Crippen molar-refractivity contribution in [2.24, 2.45) is 0 Å². The molecule has 13 heavy (non-hydrogen) atoms. The second-order valence-corrected chi connectivity index (χ2v) is 5.67. The lowest BCUT2D eigenvalue weighted by Gasteiger charge is -2.48. The van der Waals surface area contributed by atoms with Crippen molar-refractivity contribution in [3.8, 4) is 0 Å². The summed E-state index contributed by atoms with van der Waals surface area (Å²) >= 11 is 1.81. The number of thiazole rings is 1. The first-order valence-electron chi connectivity index (χ1n) is 4.74. The lowest BCUT2D eigenvalue weighted by molar-refractivity contribution is 0.00789. The molecule has 1 saturated heterocycles. The molecule has 1 aliphatic rings. The van der Waals surface area contributed by atoms with Gasteiger partial charge in [0.15, 0.2) is 0 Å². The standard InChI is InChI=1S/C10H16N2S/c1-8-6-11-9(13-8)7-12-5-4-10(12,2)3/h6H,4-5,7H2,1-3H3. The molecule has 1 aromatic heterocycles. The molecule has 0 unspecified atom stereocenters. The molecular formula is C10H16N2S. The minimum absolute atomic E-state index is 0.402. The highest BCUT2D eigenvalue weighted by Crippen LogP contribution is 2.31. The highest BCUT2D eigenvalue weighted by molar-refractivity contribution is 7.11. The smallest absolute Gasteiger partial charge is 0.107 e. The van der Waals surface area contributed by atoms with Gasteiger partial charge in [-0.3, -0.25) is 4.90 Å². The van der Waals surface area contributed by atoms with Crippen molar-refractivity contribution < 1.29 is 0 Å². The molecular weight excluding hydrogens is 180 g/mol. The van der Waals surface area contributed by atoms with E-state index in [0.29, 0.717) is 5.54 Å². The summed E-state index contributed by atoms with van der Waals surface area (Å²) < 4.78 is 0. The van der Waals surface area contributed by atoms with E-state index in [1.807, 2.05) is 17.5 Å². The zero-order chi connectivity index (χ0) is 9.47. The summed E-state index contributed by atoms with van der Waals surface area (Å²) in [7, 11) is 0. The molecule has 0 saturated carbocycles. The van der Waals surface area contributed by atoms with E-state index < -0.39 is 0 Å². The topological polar surface area (TPSA) is 16.1 Å².